The van der Waals surface area contributed by atoms with Gasteiger partial charge in [0.05, 0.1) is 0 Å². The summed E-state index contributed by atoms with van der Waals surface area (Å²) < 4.78 is 1.14. The maximum atomic E-state index is 6.17. The molecule has 118 valence electrons. The smallest absolute Gasteiger partial charge is 0.0410 e. The topological polar surface area (TPSA) is 32.5 Å². The first-order chi connectivity index (χ1) is 10.0. The first-order valence-electron chi connectivity index (χ1n) is 7.96. The van der Waals surface area contributed by atoms with Crippen LogP contribution in [0.15, 0.2) is 22.7 Å². The fraction of sp³-hybridized carbons (Fsp3) is 0.647. The monoisotopic (exact) mass is 353 g/mol. The van der Waals surface area contributed by atoms with Crippen LogP contribution in [0, 0.1) is 0 Å². The lowest BCUT2D eigenvalue weighted by Gasteiger charge is -2.37. The van der Waals surface area contributed by atoms with Crippen molar-refractivity contribution >= 4 is 21.6 Å². The van der Waals surface area contributed by atoms with Crippen molar-refractivity contribution in [2.45, 2.75) is 44.7 Å². The van der Waals surface area contributed by atoms with Crippen LogP contribution in [0.5, 0.6) is 0 Å². The first kappa shape index (κ1) is 16.8. The van der Waals surface area contributed by atoms with Crippen molar-refractivity contribution in [2.75, 3.05) is 32.1 Å². The van der Waals surface area contributed by atoms with Crippen molar-refractivity contribution in [1.29, 1.82) is 0 Å². The minimum atomic E-state index is 0.246. The Labute approximate surface area is 137 Å². The minimum Gasteiger partial charge on any atom is -0.371 e. The highest BCUT2D eigenvalue weighted by molar-refractivity contribution is 9.10. The Morgan fingerprint density at radius 2 is 2.05 bits per heavy atom. The molecule has 0 aromatic heterocycles. The lowest BCUT2D eigenvalue weighted by molar-refractivity contribution is 0.252. The van der Waals surface area contributed by atoms with Gasteiger partial charge in [0, 0.05) is 29.3 Å². The molecule has 1 aliphatic heterocycles. The number of hydrogen-bond acceptors (Lipinski definition) is 3. The molecular weight excluding hydrogens is 326 g/mol. The second-order valence-electron chi connectivity index (χ2n) is 6.29. The zero-order valence-corrected chi connectivity index (χ0v) is 15.1. The van der Waals surface area contributed by atoms with Gasteiger partial charge in [0.25, 0.3) is 0 Å². The summed E-state index contributed by atoms with van der Waals surface area (Å²) >= 11 is 3.62. The number of halogens is 1. The molecule has 0 bridgehead atoms. The van der Waals surface area contributed by atoms with E-state index in [-0.39, 0.29) is 6.04 Å². The van der Waals surface area contributed by atoms with E-state index in [9.17, 15) is 0 Å². The number of piperidine rings is 1. The number of hydrogen-bond donors (Lipinski definition) is 1. The fourth-order valence-electron chi connectivity index (χ4n) is 3.04. The van der Waals surface area contributed by atoms with E-state index in [1.54, 1.807) is 0 Å². The zero-order valence-electron chi connectivity index (χ0n) is 13.5. The van der Waals surface area contributed by atoms with Gasteiger partial charge in [-0.3, -0.25) is 0 Å². The molecule has 1 aliphatic rings. The van der Waals surface area contributed by atoms with Crippen LogP contribution in [0.25, 0.3) is 0 Å². The van der Waals surface area contributed by atoms with E-state index in [1.807, 2.05) is 0 Å². The van der Waals surface area contributed by atoms with Crippen LogP contribution in [0.2, 0.25) is 0 Å². The van der Waals surface area contributed by atoms with E-state index in [2.05, 4.69) is 64.9 Å². The lowest BCUT2D eigenvalue weighted by atomic mass is 9.99. The van der Waals surface area contributed by atoms with Crippen molar-refractivity contribution < 1.29 is 0 Å². The molecule has 21 heavy (non-hydrogen) atoms. The maximum Gasteiger partial charge on any atom is 0.0410 e. The predicted octanol–water partition coefficient (Wildman–Crippen LogP) is 3.26. The van der Waals surface area contributed by atoms with Crippen LogP contribution in [0.4, 0.5) is 5.69 Å². The quantitative estimate of drug-likeness (QED) is 0.881. The van der Waals surface area contributed by atoms with Gasteiger partial charge in [0.2, 0.25) is 0 Å². The van der Waals surface area contributed by atoms with E-state index < -0.39 is 0 Å². The molecule has 1 heterocycles. The molecule has 1 atom stereocenters. The largest absolute Gasteiger partial charge is 0.371 e. The van der Waals surface area contributed by atoms with Crippen molar-refractivity contribution in [2.24, 2.45) is 5.73 Å². The normalized spacial score (nSPS) is 18.7. The Bertz CT molecular complexity index is 455. The molecule has 1 saturated heterocycles. The van der Waals surface area contributed by atoms with E-state index in [0.717, 1.165) is 17.3 Å². The summed E-state index contributed by atoms with van der Waals surface area (Å²) in [6.45, 7) is 4.53. The average molecular weight is 354 g/mol. The standard InChI is InChI=1S/C17H28BrN3/c1-4-15(19)11-13-5-6-14(18)12-17(13)21(3)16-7-9-20(2)10-8-16/h5-6,12,15-16H,4,7-11,19H2,1-3H3. The number of anilines is 1. The SMILES string of the molecule is CCC(N)Cc1ccc(Br)cc1N(C)C1CCN(C)CC1. The molecule has 1 unspecified atom stereocenters. The highest BCUT2D eigenvalue weighted by atomic mass is 79.9. The highest BCUT2D eigenvalue weighted by Crippen LogP contribution is 2.29. The summed E-state index contributed by atoms with van der Waals surface area (Å²) in [5.74, 6) is 0. The summed E-state index contributed by atoms with van der Waals surface area (Å²) in [6, 6.07) is 7.48. The number of likely N-dealkylation sites (tertiary alicyclic amines) is 1. The van der Waals surface area contributed by atoms with Gasteiger partial charge in [-0.25, -0.2) is 0 Å². The second-order valence-corrected chi connectivity index (χ2v) is 7.21. The summed E-state index contributed by atoms with van der Waals surface area (Å²) in [5, 5.41) is 0. The van der Waals surface area contributed by atoms with Gasteiger partial charge in [0.15, 0.2) is 0 Å². The third-order valence-corrected chi connectivity index (χ3v) is 5.16. The molecule has 0 spiro atoms. The van der Waals surface area contributed by atoms with E-state index in [4.69, 9.17) is 5.73 Å². The molecular formula is C17H28BrN3. The van der Waals surface area contributed by atoms with Gasteiger partial charge >= 0.3 is 0 Å². The second kappa shape index (κ2) is 7.61. The lowest BCUT2D eigenvalue weighted by Crippen LogP contribution is -2.42. The van der Waals surface area contributed by atoms with Crippen LogP contribution in [-0.4, -0.2) is 44.2 Å². The highest BCUT2D eigenvalue weighted by Gasteiger charge is 2.22. The summed E-state index contributed by atoms with van der Waals surface area (Å²) in [5.41, 5.74) is 8.88. The van der Waals surface area contributed by atoms with Crippen molar-refractivity contribution in [1.82, 2.24) is 4.90 Å². The summed E-state index contributed by atoms with van der Waals surface area (Å²) in [6.07, 6.45) is 4.45. The van der Waals surface area contributed by atoms with Crippen molar-refractivity contribution in [3.63, 3.8) is 0 Å². The van der Waals surface area contributed by atoms with Crippen molar-refractivity contribution in [3.05, 3.63) is 28.2 Å². The Morgan fingerprint density at radius 3 is 2.67 bits per heavy atom. The molecule has 1 aromatic carbocycles. The molecule has 4 heteroatoms. The first-order valence-corrected chi connectivity index (χ1v) is 8.76. The molecule has 1 aromatic rings. The number of benzene rings is 1. The van der Waals surface area contributed by atoms with Crippen molar-refractivity contribution in [3.8, 4) is 0 Å². The third-order valence-electron chi connectivity index (χ3n) is 4.67. The van der Waals surface area contributed by atoms with Gasteiger partial charge in [-0.05, 0) is 63.5 Å². The maximum absolute atomic E-state index is 6.17. The van der Waals surface area contributed by atoms with Gasteiger partial charge in [-0.1, -0.05) is 28.9 Å². The Morgan fingerprint density at radius 1 is 1.38 bits per heavy atom. The Kier molecular flexibility index (Phi) is 6.08. The predicted molar refractivity (Wildman–Crippen MR) is 95.0 cm³/mol. The molecule has 1 fully saturated rings. The van der Waals surface area contributed by atoms with Crippen LogP contribution < -0.4 is 10.6 Å². The minimum absolute atomic E-state index is 0.246. The van der Waals surface area contributed by atoms with E-state index >= 15 is 0 Å². The van der Waals surface area contributed by atoms with E-state index in [1.165, 1.54) is 37.2 Å². The third kappa shape index (κ3) is 4.44. The molecule has 0 aliphatic carbocycles. The van der Waals surface area contributed by atoms with Crippen LogP contribution in [0.1, 0.15) is 31.7 Å². The molecule has 3 nitrogen and oxygen atoms in total. The number of nitrogens with two attached hydrogens (primary N) is 1. The number of nitrogens with zero attached hydrogens (tertiary/aromatic N) is 2. The molecule has 0 amide bonds. The van der Waals surface area contributed by atoms with Gasteiger partial charge in [-0.15, -0.1) is 0 Å². The van der Waals surface area contributed by atoms with Crippen LogP contribution in [0.3, 0.4) is 0 Å². The van der Waals surface area contributed by atoms with Crippen LogP contribution in [-0.2, 0) is 6.42 Å². The Balaban J connectivity index is 2.18. The molecule has 2 rings (SSSR count). The zero-order chi connectivity index (χ0) is 15.4. The summed E-state index contributed by atoms with van der Waals surface area (Å²) in [7, 11) is 4.44. The van der Waals surface area contributed by atoms with Crippen LogP contribution >= 0.6 is 15.9 Å². The van der Waals surface area contributed by atoms with Gasteiger partial charge in [-0.2, -0.15) is 0 Å². The van der Waals surface area contributed by atoms with Gasteiger partial charge < -0.3 is 15.5 Å². The average Bonchev–Trinajstić information content (AvgIpc) is 2.49. The Hall–Kier alpha value is -0.580. The molecule has 0 radical (unpaired) electrons. The molecule has 0 saturated carbocycles. The fourth-order valence-corrected chi connectivity index (χ4v) is 3.39. The van der Waals surface area contributed by atoms with Gasteiger partial charge in [0.1, 0.15) is 0 Å². The van der Waals surface area contributed by atoms with E-state index in [0.29, 0.717) is 6.04 Å². The summed E-state index contributed by atoms with van der Waals surface area (Å²) in [4.78, 5) is 4.88. The number of rotatable bonds is 5. The molecule has 2 N–H and O–H groups in total.